The van der Waals surface area contributed by atoms with Gasteiger partial charge in [-0.3, -0.25) is 0 Å². The third-order valence-electron chi connectivity index (χ3n) is 3.08. The second-order valence-electron chi connectivity index (χ2n) is 4.53. The number of hydrogen-bond acceptors (Lipinski definition) is 4. The molecule has 0 aliphatic carbocycles. The van der Waals surface area contributed by atoms with Crippen LogP contribution in [0.4, 0.5) is 5.69 Å². The molecule has 0 atom stereocenters. The van der Waals surface area contributed by atoms with Crippen molar-refractivity contribution in [1.82, 2.24) is 0 Å². The van der Waals surface area contributed by atoms with Gasteiger partial charge >= 0.3 is 5.97 Å². The van der Waals surface area contributed by atoms with Crippen LogP contribution in [0, 0.1) is 0 Å². The number of anilines is 1. The third-order valence-corrected chi connectivity index (χ3v) is 3.08. The highest BCUT2D eigenvalue weighted by molar-refractivity contribution is 5.95. The van der Waals surface area contributed by atoms with Gasteiger partial charge in [0.15, 0.2) is 0 Å². The number of ether oxygens (including phenoxy) is 1. The molecule has 0 amide bonds. The highest BCUT2D eigenvalue weighted by Crippen LogP contribution is 2.22. The molecule has 0 saturated carbocycles. The minimum absolute atomic E-state index is 0.242. The minimum atomic E-state index is -0.349. The first kappa shape index (κ1) is 13.9. The molecular formula is C16H17NO3. The van der Waals surface area contributed by atoms with E-state index >= 15 is 0 Å². The van der Waals surface area contributed by atoms with Crippen molar-refractivity contribution in [2.45, 2.75) is 6.54 Å². The van der Waals surface area contributed by atoms with E-state index in [1.54, 1.807) is 18.2 Å². The lowest BCUT2D eigenvalue weighted by atomic mass is 10.1. The minimum Gasteiger partial charge on any atom is -0.508 e. The van der Waals surface area contributed by atoms with Crippen LogP contribution >= 0.6 is 0 Å². The standard InChI is InChI=1S/C16H17NO3/c1-17(11-12-7-9-13(18)10-8-12)15-6-4-3-5-14(15)16(19)20-2/h3-10,18H,11H2,1-2H3. The number of rotatable bonds is 4. The number of methoxy groups -OCH3 is 1. The SMILES string of the molecule is COC(=O)c1ccccc1N(C)Cc1ccc(O)cc1. The first-order valence-corrected chi connectivity index (χ1v) is 6.28. The quantitative estimate of drug-likeness (QED) is 0.869. The summed E-state index contributed by atoms with van der Waals surface area (Å²) in [7, 11) is 3.29. The van der Waals surface area contributed by atoms with E-state index in [0.29, 0.717) is 12.1 Å². The molecule has 0 heterocycles. The van der Waals surface area contributed by atoms with Crippen molar-refractivity contribution in [1.29, 1.82) is 0 Å². The first-order chi connectivity index (χ1) is 9.61. The predicted octanol–water partition coefficient (Wildman–Crippen LogP) is 2.82. The highest BCUT2D eigenvalue weighted by atomic mass is 16.5. The van der Waals surface area contributed by atoms with Crippen LogP contribution in [-0.4, -0.2) is 25.2 Å². The van der Waals surface area contributed by atoms with Crippen LogP contribution < -0.4 is 4.90 Å². The number of para-hydroxylation sites is 1. The Hall–Kier alpha value is -2.49. The van der Waals surface area contributed by atoms with Gasteiger partial charge in [-0.25, -0.2) is 4.79 Å². The summed E-state index contributed by atoms with van der Waals surface area (Å²) in [6, 6.07) is 14.3. The van der Waals surface area contributed by atoms with Gasteiger partial charge in [-0.05, 0) is 29.8 Å². The van der Waals surface area contributed by atoms with Gasteiger partial charge in [-0.2, -0.15) is 0 Å². The molecule has 0 radical (unpaired) electrons. The Kier molecular flexibility index (Phi) is 4.25. The Balaban J connectivity index is 2.23. The average molecular weight is 271 g/mol. The number of phenols is 1. The second kappa shape index (κ2) is 6.10. The molecule has 2 aromatic rings. The topological polar surface area (TPSA) is 49.8 Å². The molecule has 1 N–H and O–H groups in total. The summed E-state index contributed by atoms with van der Waals surface area (Å²) < 4.78 is 4.79. The molecule has 0 fully saturated rings. The van der Waals surface area contributed by atoms with Gasteiger partial charge < -0.3 is 14.7 Å². The number of hydrogen-bond donors (Lipinski definition) is 1. The fourth-order valence-electron chi connectivity index (χ4n) is 2.05. The Labute approximate surface area is 118 Å². The van der Waals surface area contributed by atoms with Gasteiger partial charge in [-0.15, -0.1) is 0 Å². The molecule has 0 spiro atoms. The van der Waals surface area contributed by atoms with Gasteiger partial charge in [0.1, 0.15) is 5.75 Å². The van der Waals surface area contributed by atoms with E-state index < -0.39 is 0 Å². The predicted molar refractivity (Wildman–Crippen MR) is 78.0 cm³/mol. The fourth-order valence-corrected chi connectivity index (χ4v) is 2.05. The molecule has 0 aliphatic heterocycles. The maximum Gasteiger partial charge on any atom is 0.339 e. The number of benzene rings is 2. The molecule has 2 rings (SSSR count). The molecular weight excluding hydrogens is 254 g/mol. The molecule has 0 aliphatic rings. The molecule has 4 heteroatoms. The number of carbonyl (C=O) groups excluding carboxylic acids is 1. The zero-order valence-corrected chi connectivity index (χ0v) is 11.5. The largest absolute Gasteiger partial charge is 0.508 e. The van der Waals surface area contributed by atoms with Crippen LogP contribution in [-0.2, 0) is 11.3 Å². The lowest BCUT2D eigenvalue weighted by molar-refractivity contribution is 0.0601. The van der Waals surface area contributed by atoms with Gasteiger partial charge in [0, 0.05) is 13.6 Å². The van der Waals surface area contributed by atoms with Crippen LogP contribution in [0.5, 0.6) is 5.75 Å². The van der Waals surface area contributed by atoms with E-state index in [0.717, 1.165) is 11.3 Å². The van der Waals surface area contributed by atoms with Gasteiger partial charge in [-0.1, -0.05) is 24.3 Å². The fraction of sp³-hybridized carbons (Fsp3) is 0.188. The number of esters is 1. The Morgan fingerprint density at radius 2 is 1.80 bits per heavy atom. The van der Waals surface area contributed by atoms with Crippen LogP contribution in [0.1, 0.15) is 15.9 Å². The van der Waals surface area contributed by atoms with Crippen molar-refractivity contribution in [3.63, 3.8) is 0 Å². The van der Waals surface area contributed by atoms with Gasteiger partial charge in [0.2, 0.25) is 0 Å². The van der Waals surface area contributed by atoms with E-state index in [4.69, 9.17) is 4.74 Å². The molecule has 104 valence electrons. The first-order valence-electron chi connectivity index (χ1n) is 6.28. The molecule has 0 saturated heterocycles. The van der Waals surface area contributed by atoms with Crippen LogP contribution in [0.3, 0.4) is 0 Å². The summed E-state index contributed by atoms with van der Waals surface area (Å²) in [5.41, 5.74) is 2.40. The number of carbonyl (C=O) groups is 1. The number of aromatic hydroxyl groups is 1. The Morgan fingerprint density at radius 3 is 2.45 bits per heavy atom. The Morgan fingerprint density at radius 1 is 1.15 bits per heavy atom. The summed E-state index contributed by atoms with van der Waals surface area (Å²) >= 11 is 0. The van der Waals surface area contributed by atoms with Crippen molar-refractivity contribution < 1.29 is 14.6 Å². The summed E-state index contributed by atoms with van der Waals surface area (Å²) in [6.45, 7) is 0.633. The summed E-state index contributed by atoms with van der Waals surface area (Å²) in [4.78, 5) is 13.7. The number of phenolic OH excluding ortho intramolecular Hbond substituents is 1. The van der Waals surface area contributed by atoms with Crippen molar-refractivity contribution >= 4 is 11.7 Å². The summed E-state index contributed by atoms with van der Waals surface area (Å²) in [5.74, 6) is -0.107. The lowest BCUT2D eigenvalue weighted by Crippen LogP contribution is -2.19. The maximum absolute atomic E-state index is 11.8. The third kappa shape index (κ3) is 3.09. The van der Waals surface area contributed by atoms with E-state index in [-0.39, 0.29) is 11.7 Å². The zero-order chi connectivity index (χ0) is 14.5. The van der Waals surface area contributed by atoms with Crippen molar-refractivity contribution in [3.05, 3.63) is 59.7 Å². The smallest absolute Gasteiger partial charge is 0.339 e. The average Bonchev–Trinajstić information content (AvgIpc) is 2.48. The molecule has 4 nitrogen and oxygen atoms in total. The molecule has 20 heavy (non-hydrogen) atoms. The van der Waals surface area contributed by atoms with Gasteiger partial charge in [0.25, 0.3) is 0 Å². The van der Waals surface area contributed by atoms with E-state index in [2.05, 4.69) is 0 Å². The van der Waals surface area contributed by atoms with Crippen molar-refractivity contribution in [2.24, 2.45) is 0 Å². The number of nitrogens with zero attached hydrogens (tertiary/aromatic N) is 1. The molecule has 2 aromatic carbocycles. The highest BCUT2D eigenvalue weighted by Gasteiger charge is 2.14. The lowest BCUT2D eigenvalue weighted by Gasteiger charge is -2.21. The Bertz CT molecular complexity index is 593. The van der Waals surface area contributed by atoms with E-state index in [1.807, 2.05) is 42.3 Å². The van der Waals surface area contributed by atoms with E-state index in [9.17, 15) is 9.90 Å². The molecule has 0 unspecified atom stereocenters. The van der Waals surface area contributed by atoms with Crippen LogP contribution in [0.25, 0.3) is 0 Å². The normalized spacial score (nSPS) is 10.1. The van der Waals surface area contributed by atoms with Crippen LogP contribution in [0.15, 0.2) is 48.5 Å². The van der Waals surface area contributed by atoms with Crippen molar-refractivity contribution in [3.8, 4) is 5.75 Å². The molecule has 0 bridgehead atoms. The van der Waals surface area contributed by atoms with Crippen LogP contribution in [0.2, 0.25) is 0 Å². The summed E-state index contributed by atoms with van der Waals surface area (Å²) in [5, 5.41) is 9.28. The van der Waals surface area contributed by atoms with Crippen molar-refractivity contribution in [2.75, 3.05) is 19.1 Å². The monoisotopic (exact) mass is 271 g/mol. The second-order valence-corrected chi connectivity index (χ2v) is 4.53. The van der Waals surface area contributed by atoms with Gasteiger partial charge in [0.05, 0.1) is 18.4 Å². The maximum atomic E-state index is 11.8. The van der Waals surface area contributed by atoms with E-state index in [1.165, 1.54) is 7.11 Å². The molecule has 0 aromatic heterocycles. The zero-order valence-electron chi connectivity index (χ0n) is 11.5. The summed E-state index contributed by atoms with van der Waals surface area (Å²) in [6.07, 6.45) is 0.